The lowest BCUT2D eigenvalue weighted by atomic mass is 9.99. The third-order valence-corrected chi connectivity index (χ3v) is 9.83. The lowest BCUT2D eigenvalue weighted by Crippen LogP contribution is -3.10. The van der Waals surface area contributed by atoms with E-state index in [9.17, 15) is 0 Å². The van der Waals surface area contributed by atoms with Gasteiger partial charge in [-0.25, -0.2) is 0 Å². The molecule has 1 N–H and O–H groups in total. The Bertz CT molecular complexity index is 413. The van der Waals surface area contributed by atoms with Crippen LogP contribution in [0.1, 0.15) is 219 Å². The zero-order valence-corrected chi connectivity index (χ0v) is 29.8. The predicted octanol–water partition coefficient (Wildman–Crippen LogP) is 9.03. The van der Waals surface area contributed by atoms with Crippen molar-refractivity contribution in [1.29, 1.82) is 0 Å². The summed E-state index contributed by atoms with van der Waals surface area (Å²) in [6.45, 7) is 9.06. The first-order chi connectivity index (χ1) is 19.4. The van der Waals surface area contributed by atoms with Crippen LogP contribution in [0, 0.1) is 5.92 Å². The molecule has 1 rings (SSSR count). The molecule has 0 saturated carbocycles. The van der Waals surface area contributed by atoms with Crippen LogP contribution in [-0.4, -0.2) is 19.6 Å². The summed E-state index contributed by atoms with van der Waals surface area (Å²) in [5, 5.41) is 0. The molecule has 0 bridgehead atoms. The molecule has 1 heterocycles. The number of nitrogens with one attached hydrogen (secondary N) is 1. The number of likely N-dealkylation sites (tertiary alicyclic amines) is 1. The van der Waals surface area contributed by atoms with Crippen molar-refractivity contribution in [2.75, 3.05) is 19.6 Å². The van der Waals surface area contributed by atoms with Gasteiger partial charge in [-0.15, -0.1) is 0 Å². The van der Waals surface area contributed by atoms with Gasteiger partial charge in [0.1, 0.15) is 0 Å². The van der Waals surface area contributed by atoms with Crippen LogP contribution in [0.5, 0.6) is 0 Å². The number of halogens is 1. The Labute approximate surface area is 266 Å². The molecule has 0 amide bonds. The fourth-order valence-electron chi connectivity index (χ4n) is 7.04. The Balaban J connectivity index is 0.0000152. The lowest BCUT2D eigenvalue weighted by Gasteiger charge is -2.13. The van der Waals surface area contributed by atoms with Gasteiger partial charge in [0.25, 0.3) is 0 Å². The van der Waals surface area contributed by atoms with E-state index >= 15 is 0 Å². The van der Waals surface area contributed by atoms with Crippen LogP contribution in [0.25, 0.3) is 0 Å². The van der Waals surface area contributed by atoms with Crippen LogP contribution >= 0.6 is 0 Å². The fraction of sp³-hybridized carbons (Fsp3) is 1.00. The standard InChI is InChI=1S/C38H77N.BrH/c1-3-5-7-9-11-13-15-17-19-21-23-25-27-29-31-33-38-34-36-39(37-38)35-32-30-28-26-24-22-20-18-16-14-12-10-8-6-4-2;/h38H,3-37H2,1-2H3;1H. The van der Waals surface area contributed by atoms with E-state index in [2.05, 4.69) is 13.8 Å². The van der Waals surface area contributed by atoms with E-state index in [4.69, 9.17) is 0 Å². The SMILES string of the molecule is CCCCCCCCCCCCCCCCCC1CC[NH+](CCCCCCCCCCCCCCCCC)C1.[Br-]. The molecule has 0 aromatic rings. The van der Waals surface area contributed by atoms with Crippen LogP contribution in [0.4, 0.5) is 0 Å². The molecule has 1 aliphatic heterocycles. The second-order valence-corrected chi connectivity index (χ2v) is 13.8. The molecule has 2 atom stereocenters. The van der Waals surface area contributed by atoms with Gasteiger partial charge >= 0.3 is 0 Å². The molecule has 0 radical (unpaired) electrons. The summed E-state index contributed by atoms with van der Waals surface area (Å²) in [5.41, 5.74) is 0. The second kappa shape index (κ2) is 33.9. The normalized spacial score (nSPS) is 16.9. The van der Waals surface area contributed by atoms with Crippen molar-refractivity contribution in [3.8, 4) is 0 Å². The van der Waals surface area contributed by atoms with Crippen molar-refractivity contribution in [1.82, 2.24) is 0 Å². The maximum absolute atomic E-state index is 2.31. The van der Waals surface area contributed by atoms with Crippen molar-refractivity contribution >= 4 is 0 Å². The molecule has 1 aliphatic rings. The summed E-state index contributed by atoms with van der Waals surface area (Å²) in [6.07, 6.45) is 47.4. The summed E-state index contributed by atoms with van der Waals surface area (Å²) in [6, 6.07) is 0. The van der Waals surface area contributed by atoms with E-state index in [1.165, 1.54) is 225 Å². The predicted molar refractivity (Wildman–Crippen MR) is 178 cm³/mol. The minimum atomic E-state index is 0. The maximum atomic E-state index is 2.31. The quantitative estimate of drug-likeness (QED) is 0.0709. The van der Waals surface area contributed by atoms with Crippen LogP contribution in [-0.2, 0) is 0 Å². The van der Waals surface area contributed by atoms with E-state index in [1.54, 1.807) is 0 Å². The van der Waals surface area contributed by atoms with Crippen molar-refractivity contribution in [2.45, 2.75) is 219 Å². The zero-order valence-electron chi connectivity index (χ0n) is 28.2. The molecule has 2 heteroatoms. The van der Waals surface area contributed by atoms with Crippen molar-refractivity contribution in [3.05, 3.63) is 0 Å². The second-order valence-electron chi connectivity index (χ2n) is 13.8. The Morgan fingerprint density at radius 2 is 0.700 bits per heavy atom. The molecule has 0 aromatic heterocycles. The summed E-state index contributed by atoms with van der Waals surface area (Å²) >= 11 is 0. The molecule has 1 saturated heterocycles. The lowest BCUT2D eigenvalue weighted by molar-refractivity contribution is -0.889. The van der Waals surface area contributed by atoms with E-state index in [0.717, 1.165) is 5.92 Å². The smallest absolute Gasteiger partial charge is 0.0801 e. The molecule has 0 aromatic carbocycles. The molecule has 1 fully saturated rings. The van der Waals surface area contributed by atoms with Gasteiger partial charge in [0.2, 0.25) is 0 Å². The molecular formula is C38H78BrN. The molecule has 242 valence electrons. The van der Waals surface area contributed by atoms with Gasteiger partial charge in [0.15, 0.2) is 0 Å². The minimum Gasteiger partial charge on any atom is -1.00 e. The molecule has 1 nitrogen and oxygen atoms in total. The highest BCUT2D eigenvalue weighted by molar-refractivity contribution is 4.63. The molecule has 0 spiro atoms. The number of rotatable bonds is 32. The zero-order chi connectivity index (χ0) is 27.9. The Morgan fingerprint density at radius 1 is 0.400 bits per heavy atom. The Kier molecular flexibility index (Phi) is 34.3. The third kappa shape index (κ3) is 28.6. The number of quaternary nitrogens is 1. The van der Waals surface area contributed by atoms with E-state index < -0.39 is 0 Å². The van der Waals surface area contributed by atoms with Gasteiger partial charge in [-0.2, -0.15) is 0 Å². The first-order valence-electron chi connectivity index (χ1n) is 19.2. The van der Waals surface area contributed by atoms with Gasteiger partial charge in [-0.05, 0) is 19.3 Å². The van der Waals surface area contributed by atoms with Crippen LogP contribution in [0.2, 0.25) is 0 Å². The monoisotopic (exact) mass is 628 g/mol. The first kappa shape index (κ1) is 40.4. The minimum absolute atomic E-state index is 0. The van der Waals surface area contributed by atoms with Crippen molar-refractivity contribution in [2.24, 2.45) is 5.92 Å². The third-order valence-electron chi connectivity index (χ3n) is 9.83. The van der Waals surface area contributed by atoms with Gasteiger partial charge in [0.05, 0.1) is 19.6 Å². The largest absolute Gasteiger partial charge is 1.00 e. The highest BCUT2D eigenvalue weighted by atomic mass is 79.9. The van der Waals surface area contributed by atoms with Crippen LogP contribution in [0.15, 0.2) is 0 Å². The topological polar surface area (TPSA) is 4.44 Å². The number of hydrogen-bond acceptors (Lipinski definition) is 0. The van der Waals surface area contributed by atoms with Crippen molar-refractivity contribution < 1.29 is 21.9 Å². The summed E-state index contributed by atoms with van der Waals surface area (Å²) < 4.78 is 0. The average Bonchev–Trinajstić information content (AvgIpc) is 3.40. The Morgan fingerprint density at radius 3 is 1.05 bits per heavy atom. The molecule has 2 unspecified atom stereocenters. The van der Waals surface area contributed by atoms with Crippen LogP contribution < -0.4 is 21.9 Å². The van der Waals surface area contributed by atoms with E-state index in [1.807, 2.05) is 4.90 Å². The molecule has 0 aliphatic carbocycles. The molecule has 40 heavy (non-hydrogen) atoms. The highest BCUT2D eigenvalue weighted by Crippen LogP contribution is 2.18. The molecular weight excluding hydrogens is 550 g/mol. The maximum Gasteiger partial charge on any atom is 0.0801 e. The number of unbranched alkanes of at least 4 members (excludes halogenated alkanes) is 28. The summed E-state index contributed by atoms with van der Waals surface area (Å²) in [5.74, 6) is 1.05. The van der Waals surface area contributed by atoms with E-state index in [-0.39, 0.29) is 17.0 Å². The van der Waals surface area contributed by atoms with Gasteiger partial charge in [-0.1, -0.05) is 194 Å². The van der Waals surface area contributed by atoms with Gasteiger partial charge < -0.3 is 21.9 Å². The summed E-state index contributed by atoms with van der Waals surface area (Å²) in [4.78, 5) is 1.94. The fourth-order valence-corrected chi connectivity index (χ4v) is 7.04. The number of hydrogen-bond donors (Lipinski definition) is 1. The first-order valence-corrected chi connectivity index (χ1v) is 19.2. The van der Waals surface area contributed by atoms with E-state index in [0.29, 0.717) is 0 Å². The Hall–Kier alpha value is 0.440. The highest BCUT2D eigenvalue weighted by Gasteiger charge is 2.24. The average molecular weight is 629 g/mol. The van der Waals surface area contributed by atoms with Gasteiger partial charge in [-0.3, -0.25) is 0 Å². The van der Waals surface area contributed by atoms with Crippen molar-refractivity contribution in [3.63, 3.8) is 0 Å². The summed E-state index contributed by atoms with van der Waals surface area (Å²) in [7, 11) is 0. The van der Waals surface area contributed by atoms with Gasteiger partial charge in [0, 0.05) is 12.3 Å². The van der Waals surface area contributed by atoms with Crippen LogP contribution in [0.3, 0.4) is 0 Å².